The van der Waals surface area contributed by atoms with Crippen LogP contribution < -0.4 is 5.32 Å². The average Bonchev–Trinajstić information content (AvgIpc) is 2.01. The molecular formula is C11H14N2O. The number of ketones is 1. The van der Waals surface area contributed by atoms with Crippen LogP contribution in [0.3, 0.4) is 0 Å². The van der Waals surface area contributed by atoms with Crippen molar-refractivity contribution in [2.24, 2.45) is 0 Å². The molecule has 1 heterocycles. The lowest BCUT2D eigenvalue weighted by molar-refractivity contribution is -0.112. The second-order valence-corrected chi connectivity index (χ2v) is 3.23. The van der Waals surface area contributed by atoms with E-state index < -0.39 is 0 Å². The summed E-state index contributed by atoms with van der Waals surface area (Å²) in [6, 6.07) is 5.71. The van der Waals surface area contributed by atoms with Gasteiger partial charge in [-0.3, -0.25) is 4.79 Å². The summed E-state index contributed by atoms with van der Waals surface area (Å²) in [5.41, 5.74) is 1.75. The number of allylic oxidation sites excluding steroid dienone is 2. The maximum absolute atomic E-state index is 10.8. The van der Waals surface area contributed by atoms with Crippen LogP contribution in [0.5, 0.6) is 0 Å². The molecule has 3 nitrogen and oxygen atoms in total. The van der Waals surface area contributed by atoms with Crippen molar-refractivity contribution >= 4 is 11.6 Å². The first-order valence-corrected chi connectivity index (χ1v) is 4.47. The highest BCUT2D eigenvalue weighted by Gasteiger charge is 1.95. The van der Waals surface area contributed by atoms with E-state index in [0.717, 1.165) is 17.2 Å². The van der Waals surface area contributed by atoms with Crippen molar-refractivity contribution < 1.29 is 4.79 Å². The zero-order valence-electron chi connectivity index (χ0n) is 8.66. The minimum Gasteiger partial charge on any atom is -0.344 e. The number of carbonyl (C=O) groups excluding carboxylic acids is 1. The van der Waals surface area contributed by atoms with Crippen molar-refractivity contribution in [3.63, 3.8) is 0 Å². The molecule has 1 N–H and O–H groups in total. The Balaban J connectivity index is 2.74. The number of hydrogen-bond donors (Lipinski definition) is 1. The molecule has 0 fully saturated rings. The fraction of sp³-hybridized carbons (Fsp3) is 0.273. The van der Waals surface area contributed by atoms with E-state index in [1.165, 1.54) is 6.92 Å². The molecule has 0 amide bonds. The van der Waals surface area contributed by atoms with Crippen molar-refractivity contribution in [1.29, 1.82) is 0 Å². The first-order chi connectivity index (χ1) is 6.58. The molecule has 0 atom stereocenters. The molecule has 0 aliphatic rings. The normalized spacial score (nSPS) is 11.2. The third-order valence-corrected chi connectivity index (χ3v) is 1.63. The highest BCUT2D eigenvalue weighted by Crippen LogP contribution is 2.06. The summed E-state index contributed by atoms with van der Waals surface area (Å²) >= 11 is 0. The summed E-state index contributed by atoms with van der Waals surface area (Å²) in [6.07, 6.45) is 1.55. The van der Waals surface area contributed by atoms with E-state index in [1.54, 1.807) is 6.08 Å². The van der Waals surface area contributed by atoms with Crippen molar-refractivity contribution in [2.75, 3.05) is 5.32 Å². The first-order valence-electron chi connectivity index (χ1n) is 4.47. The number of aromatic nitrogens is 1. The monoisotopic (exact) mass is 190 g/mol. The predicted molar refractivity (Wildman–Crippen MR) is 57.0 cm³/mol. The fourth-order valence-electron chi connectivity index (χ4n) is 1.16. The van der Waals surface area contributed by atoms with E-state index in [9.17, 15) is 4.79 Å². The van der Waals surface area contributed by atoms with Crippen LogP contribution in [0.1, 0.15) is 19.5 Å². The molecule has 0 saturated heterocycles. The second-order valence-electron chi connectivity index (χ2n) is 3.23. The van der Waals surface area contributed by atoms with Crippen LogP contribution in [-0.2, 0) is 4.79 Å². The van der Waals surface area contributed by atoms with Gasteiger partial charge in [-0.2, -0.15) is 0 Å². The van der Waals surface area contributed by atoms with Gasteiger partial charge in [-0.05, 0) is 39.0 Å². The van der Waals surface area contributed by atoms with Gasteiger partial charge in [0.2, 0.25) is 0 Å². The Morgan fingerprint density at radius 1 is 1.43 bits per heavy atom. The van der Waals surface area contributed by atoms with Crippen LogP contribution in [0.15, 0.2) is 30.0 Å². The standard InChI is InChI=1S/C11H14N2O/c1-8-5-4-6-11(12-8)13-9(2)7-10(3)14/h4-7H,1-3H3,(H,12,13)/b9-7+. The third-order valence-electron chi connectivity index (χ3n) is 1.63. The summed E-state index contributed by atoms with van der Waals surface area (Å²) in [5.74, 6) is 0.794. The number of nitrogens with zero attached hydrogens (tertiary/aromatic N) is 1. The van der Waals surface area contributed by atoms with Gasteiger partial charge in [-0.15, -0.1) is 0 Å². The van der Waals surface area contributed by atoms with Crippen molar-refractivity contribution in [1.82, 2.24) is 4.98 Å². The first kappa shape index (κ1) is 10.4. The van der Waals surface area contributed by atoms with Crippen LogP contribution in [0, 0.1) is 6.92 Å². The summed E-state index contributed by atoms with van der Waals surface area (Å²) in [5, 5.41) is 3.04. The minimum absolute atomic E-state index is 0.0302. The molecule has 0 bridgehead atoms. The smallest absolute Gasteiger partial charge is 0.154 e. The molecule has 1 aromatic heterocycles. The highest BCUT2D eigenvalue weighted by atomic mass is 16.1. The highest BCUT2D eigenvalue weighted by molar-refractivity contribution is 5.88. The molecule has 0 aromatic carbocycles. The Hall–Kier alpha value is -1.64. The Labute approximate surface area is 83.9 Å². The van der Waals surface area contributed by atoms with Gasteiger partial charge < -0.3 is 5.32 Å². The van der Waals surface area contributed by atoms with Crippen LogP contribution >= 0.6 is 0 Å². The molecule has 0 aliphatic carbocycles. The van der Waals surface area contributed by atoms with Crippen LogP contribution in [0.2, 0.25) is 0 Å². The van der Waals surface area contributed by atoms with Crippen molar-refractivity contribution in [2.45, 2.75) is 20.8 Å². The summed E-state index contributed by atoms with van der Waals surface area (Å²) in [7, 11) is 0. The zero-order valence-corrected chi connectivity index (χ0v) is 8.66. The largest absolute Gasteiger partial charge is 0.344 e. The average molecular weight is 190 g/mol. The summed E-state index contributed by atoms with van der Waals surface area (Å²) < 4.78 is 0. The lowest BCUT2D eigenvalue weighted by Gasteiger charge is -2.05. The van der Waals surface area contributed by atoms with Crippen LogP contribution in [0.4, 0.5) is 5.82 Å². The summed E-state index contributed by atoms with van der Waals surface area (Å²) in [4.78, 5) is 15.0. The van der Waals surface area contributed by atoms with E-state index in [2.05, 4.69) is 10.3 Å². The van der Waals surface area contributed by atoms with Gasteiger partial charge in [0, 0.05) is 11.4 Å². The van der Waals surface area contributed by atoms with Crippen LogP contribution in [0.25, 0.3) is 0 Å². The maximum Gasteiger partial charge on any atom is 0.154 e. The van der Waals surface area contributed by atoms with Gasteiger partial charge in [0.25, 0.3) is 0 Å². The minimum atomic E-state index is 0.0302. The molecule has 0 unspecified atom stereocenters. The molecule has 1 aromatic rings. The van der Waals surface area contributed by atoms with E-state index in [-0.39, 0.29) is 5.78 Å². The molecule has 0 spiro atoms. The van der Waals surface area contributed by atoms with Gasteiger partial charge >= 0.3 is 0 Å². The summed E-state index contributed by atoms with van der Waals surface area (Å²) in [6.45, 7) is 5.29. The number of hydrogen-bond acceptors (Lipinski definition) is 3. The number of aryl methyl sites for hydroxylation is 1. The number of nitrogens with one attached hydrogen (secondary N) is 1. The third kappa shape index (κ3) is 3.39. The molecule has 74 valence electrons. The predicted octanol–water partition coefficient (Wildman–Crippen LogP) is 2.29. The van der Waals surface area contributed by atoms with E-state index in [4.69, 9.17) is 0 Å². The van der Waals surface area contributed by atoms with Crippen molar-refractivity contribution in [3.05, 3.63) is 35.7 Å². The van der Waals surface area contributed by atoms with Gasteiger partial charge in [0.1, 0.15) is 5.82 Å². The Morgan fingerprint density at radius 3 is 2.71 bits per heavy atom. The van der Waals surface area contributed by atoms with Gasteiger partial charge in [0.15, 0.2) is 5.78 Å². The Morgan fingerprint density at radius 2 is 2.14 bits per heavy atom. The van der Waals surface area contributed by atoms with Gasteiger partial charge in [-0.1, -0.05) is 6.07 Å². The number of anilines is 1. The Bertz CT molecular complexity index is 369. The molecular weight excluding hydrogens is 176 g/mol. The molecule has 0 aliphatic heterocycles. The molecule has 0 radical (unpaired) electrons. The van der Waals surface area contributed by atoms with Gasteiger partial charge in [0.05, 0.1) is 0 Å². The van der Waals surface area contributed by atoms with E-state index in [1.807, 2.05) is 32.0 Å². The van der Waals surface area contributed by atoms with Crippen molar-refractivity contribution in [3.8, 4) is 0 Å². The van der Waals surface area contributed by atoms with Gasteiger partial charge in [-0.25, -0.2) is 4.98 Å². The lowest BCUT2D eigenvalue weighted by Crippen LogP contribution is -2.00. The lowest BCUT2D eigenvalue weighted by atomic mass is 10.3. The topological polar surface area (TPSA) is 42.0 Å². The fourth-order valence-corrected chi connectivity index (χ4v) is 1.16. The Kier molecular flexibility index (Phi) is 3.40. The molecule has 3 heteroatoms. The SMILES string of the molecule is CC(=O)/C=C(\C)Nc1cccc(C)n1. The molecule has 0 saturated carbocycles. The van der Waals surface area contributed by atoms with E-state index in [0.29, 0.717) is 0 Å². The van der Waals surface area contributed by atoms with E-state index >= 15 is 0 Å². The number of pyridine rings is 1. The number of carbonyl (C=O) groups is 1. The molecule has 14 heavy (non-hydrogen) atoms. The maximum atomic E-state index is 10.8. The second kappa shape index (κ2) is 4.56. The number of rotatable bonds is 3. The zero-order chi connectivity index (χ0) is 10.6. The molecule has 1 rings (SSSR count). The quantitative estimate of drug-likeness (QED) is 0.743. The van der Waals surface area contributed by atoms with Crippen LogP contribution in [-0.4, -0.2) is 10.8 Å².